The summed E-state index contributed by atoms with van der Waals surface area (Å²) in [7, 11) is 0. The lowest BCUT2D eigenvalue weighted by atomic mass is 10.0. The molecule has 0 saturated heterocycles. The molecule has 7 nitrogen and oxygen atoms in total. The number of rotatable bonds is 6. The first kappa shape index (κ1) is 23.1. The van der Waals surface area contributed by atoms with Gasteiger partial charge < -0.3 is 14.6 Å². The fourth-order valence-electron chi connectivity index (χ4n) is 5.31. The average Bonchev–Trinajstić information content (AvgIpc) is 3.59. The van der Waals surface area contributed by atoms with Gasteiger partial charge in [0.2, 0.25) is 11.7 Å². The lowest BCUT2D eigenvalue weighted by Crippen LogP contribution is -2.32. The second-order valence-corrected chi connectivity index (χ2v) is 10.0. The Bertz CT molecular complexity index is 1290. The second kappa shape index (κ2) is 9.53. The molecule has 180 valence electrons. The first-order valence-electron chi connectivity index (χ1n) is 12.4. The molecule has 1 aromatic heterocycles. The van der Waals surface area contributed by atoms with E-state index in [1.165, 1.54) is 0 Å². The van der Waals surface area contributed by atoms with Crippen LogP contribution in [0.25, 0.3) is 22.8 Å². The normalized spacial score (nSPS) is 21.1. The van der Waals surface area contributed by atoms with Gasteiger partial charge in [-0.3, -0.25) is 4.79 Å². The third kappa shape index (κ3) is 4.66. The zero-order valence-corrected chi connectivity index (χ0v) is 20.4. The Hall–Kier alpha value is -3.66. The van der Waals surface area contributed by atoms with Crippen LogP contribution >= 0.6 is 0 Å². The van der Waals surface area contributed by atoms with Crippen molar-refractivity contribution in [2.24, 2.45) is 11.8 Å². The Labute approximate surface area is 205 Å². The largest absolute Gasteiger partial charge is 0.490 e. The zero-order valence-electron chi connectivity index (χ0n) is 20.4. The van der Waals surface area contributed by atoms with E-state index in [2.05, 4.69) is 34.5 Å². The maximum atomic E-state index is 12.8. The van der Waals surface area contributed by atoms with Crippen molar-refractivity contribution in [1.82, 2.24) is 15.5 Å². The van der Waals surface area contributed by atoms with Crippen LogP contribution in [-0.4, -0.2) is 22.2 Å². The van der Waals surface area contributed by atoms with Crippen molar-refractivity contribution in [3.63, 3.8) is 0 Å². The van der Waals surface area contributed by atoms with Crippen LogP contribution in [0.5, 0.6) is 5.75 Å². The molecular weight excluding hydrogens is 440 g/mol. The topological polar surface area (TPSA) is 101 Å². The summed E-state index contributed by atoms with van der Waals surface area (Å²) in [6.45, 7) is 6.06. The Kier molecular flexibility index (Phi) is 6.29. The van der Waals surface area contributed by atoms with Crippen LogP contribution in [0.2, 0.25) is 0 Å². The molecule has 1 heterocycles. The lowest BCUT2D eigenvalue weighted by molar-refractivity contribution is -0.125. The molecule has 3 aromatic rings. The minimum Gasteiger partial charge on any atom is -0.490 e. The highest BCUT2D eigenvalue weighted by molar-refractivity contribution is 5.80. The summed E-state index contributed by atoms with van der Waals surface area (Å²) < 4.78 is 11.3. The van der Waals surface area contributed by atoms with E-state index in [1.54, 1.807) is 12.1 Å². The second-order valence-electron chi connectivity index (χ2n) is 10.0. The summed E-state index contributed by atoms with van der Waals surface area (Å²) in [6, 6.07) is 13.6. The molecule has 1 N–H and O–H groups in total. The van der Waals surface area contributed by atoms with Gasteiger partial charge >= 0.3 is 0 Å². The summed E-state index contributed by atoms with van der Waals surface area (Å²) in [5.41, 5.74) is 4.30. The van der Waals surface area contributed by atoms with E-state index in [1.807, 2.05) is 32.0 Å². The fraction of sp³-hybridized carbons (Fsp3) is 0.429. The van der Waals surface area contributed by atoms with Crippen LogP contribution < -0.4 is 10.1 Å². The van der Waals surface area contributed by atoms with E-state index in [-0.39, 0.29) is 24.0 Å². The van der Waals surface area contributed by atoms with Crippen LogP contribution in [0.4, 0.5) is 0 Å². The quantitative estimate of drug-likeness (QED) is 0.503. The molecule has 1 amide bonds. The van der Waals surface area contributed by atoms with Gasteiger partial charge in [0.15, 0.2) is 0 Å². The summed E-state index contributed by atoms with van der Waals surface area (Å²) in [5.74, 6) is 2.33. The fourth-order valence-corrected chi connectivity index (χ4v) is 5.31. The number of nitrogens with zero attached hydrogens (tertiary/aromatic N) is 3. The maximum Gasteiger partial charge on any atom is 0.258 e. The Morgan fingerprint density at radius 2 is 2.09 bits per heavy atom. The summed E-state index contributed by atoms with van der Waals surface area (Å²) in [4.78, 5) is 17.5. The Balaban J connectivity index is 1.37. The molecule has 0 aliphatic heterocycles. The molecule has 35 heavy (non-hydrogen) atoms. The Morgan fingerprint density at radius 1 is 1.23 bits per heavy atom. The molecule has 2 aliphatic rings. The molecule has 7 heteroatoms. The Morgan fingerprint density at radius 3 is 2.83 bits per heavy atom. The predicted molar refractivity (Wildman–Crippen MR) is 131 cm³/mol. The van der Waals surface area contributed by atoms with Crippen molar-refractivity contribution in [3.05, 3.63) is 53.1 Å². The third-order valence-electron chi connectivity index (χ3n) is 7.03. The molecule has 3 atom stereocenters. The molecule has 0 radical (unpaired) electrons. The van der Waals surface area contributed by atoms with Gasteiger partial charge in [-0.2, -0.15) is 10.2 Å². The number of aromatic nitrogens is 2. The standard InChI is InChI=1S/C28H30N4O3/c1-16(2)34-25-12-9-19(14-20(25)15-29)28-31-26(32-35-28)23-6-4-5-22-21(23)10-11-24(22)30-27(33)18-8-7-17(3)13-18/h4-6,9,12,14,16-18,24H,7-8,10-11,13H2,1-3H3,(H,30,33)/t17-,18?,24+/m0/s1. The van der Waals surface area contributed by atoms with Crippen molar-refractivity contribution in [1.29, 1.82) is 5.26 Å². The number of amides is 1. The highest BCUT2D eigenvalue weighted by Crippen LogP contribution is 2.38. The molecular formula is C28H30N4O3. The van der Waals surface area contributed by atoms with Crippen LogP contribution in [-0.2, 0) is 11.2 Å². The molecule has 5 rings (SSSR count). The number of benzene rings is 2. The number of hydrogen-bond donors (Lipinski definition) is 1. The molecule has 2 aromatic carbocycles. The zero-order chi connectivity index (χ0) is 24.5. The van der Waals surface area contributed by atoms with E-state index >= 15 is 0 Å². The van der Waals surface area contributed by atoms with Gasteiger partial charge in [0.25, 0.3) is 5.89 Å². The van der Waals surface area contributed by atoms with Crippen molar-refractivity contribution in [2.75, 3.05) is 0 Å². The van der Waals surface area contributed by atoms with Crippen molar-refractivity contribution in [3.8, 4) is 34.7 Å². The minimum atomic E-state index is -0.0292. The highest BCUT2D eigenvalue weighted by atomic mass is 16.5. The van der Waals surface area contributed by atoms with Gasteiger partial charge in [0.1, 0.15) is 11.8 Å². The van der Waals surface area contributed by atoms with Crippen molar-refractivity contribution < 1.29 is 14.1 Å². The minimum absolute atomic E-state index is 0.0198. The highest BCUT2D eigenvalue weighted by Gasteiger charge is 2.32. The predicted octanol–water partition coefficient (Wildman–Crippen LogP) is 5.60. The van der Waals surface area contributed by atoms with Crippen LogP contribution in [0, 0.1) is 23.2 Å². The van der Waals surface area contributed by atoms with Gasteiger partial charge in [0, 0.05) is 17.0 Å². The van der Waals surface area contributed by atoms with Gasteiger partial charge in [-0.25, -0.2) is 0 Å². The van der Waals surface area contributed by atoms with Gasteiger partial charge in [-0.05, 0) is 81.2 Å². The van der Waals surface area contributed by atoms with Gasteiger partial charge in [-0.1, -0.05) is 30.3 Å². The smallest absolute Gasteiger partial charge is 0.258 e. The first-order valence-corrected chi connectivity index (χ1v) is 12.4. The van der Waals surface area contributed by atoms with E-state index < -0.39 is 0 Å². The van der Waals surface area contributed by atoms with Crippen molar-refractivity contribution in [2.45, 2.75) is 65.0 Å². The molecule has 2 aliphatic carbocycles. The molecule has 1 fully saturated rings. The maximum absolute atomic E-state index is 12.8. The number of nitriles is 1. The number of nitrogens with one attached hydrogen (secondary N) is 1. The van der Waals surface area contributed by atoms with E-state index in [4.69, 9.17) is 9.26 Å². The summed E-state index contributed by atoms with van der Waals surface area (Å²) in [5, 5.41) is 17.1. The number of carbonyl (C=O) groups excluding carboxylic acids is 1. The van der Waals surface area contributed by atoms with Gasteiger partial charge in [0.05, 0.1) is 17.7 Å². The summed E-state index contributed by atoms with van der Waals surface area (Å²) >= 11 is 0. The van der Waals surface area contributed by atoms with Crippen molar-refractivity contribution >= 4 is 5.91 Å². The monoisotopic (exact) mass is 470 g/mol. The number of carbonyl (C=O) groups is 1. The van der Waals surface area contributed by atoms with E-state index in [0.717, 1.165) is 48.8 Å². The van der Waals surface area contributed by atoms with E-state index in [9.17, 15) is 10.1 Å². The average molecular weight is 471 g/mol. The number of ether oxygens (including phenoxy) is 1. The SMILES string of the molecule is CC(C)Oc1ccc(-c2nc(-c3cccc4c3CC[C@H]4NC(=O)C3CC[C@H](C)C3)no2)cc1C#N. The van der Waals surface area contributed by atoms with Gasteiger partial charge in [-0.15, -0.1) is 0 Å². The molecule has 1 saturated carbocycles. The van der Waals surface area contributed by atoms with Crippen LogP contribution in [0.1, 0.15) is 69.2 Å². The molecule has 1 unspecified atom stereocenters. The third-order valence-corrected chi connectivity index (χ3v) is 7.03. The van der Waals surface area contributed by atoms with E-state index in [0.29, 0.717) is 34.5 Å². The summed E-state index contributed by atoms with van der Waals surface area (Å²) in [6.07, 6.45) is 4.78. The number of fused-ring (bicyclic) bond motifs is 1. The van der Waals surface area contributed by atoms with Crippen LogP contribution in [0.15, 0.2) is 40.9 Å². The molecule has 0 spiro atoms. The lowest BCUT2D eigenvalue weighted by Gasteiger charge is -2.17. The molecule has 0 bridgehead atoms. The van der Waals surface area contributed by atoms with Crippen LogP contribution in [0.3, 0.4) is 0 Å². The number of hydrogen-bond acceptors (Lipinski definition) is 6. The first-order chi connectivity index (χ1) is 16.9.